The topological polar surface area (TPSA) is 0 Å². The number of benzene rings is 1. The van der Waals surface area contributed by atoms with Crippen molar-refractivity contribution < 1.29 is 0 Å². The summed E-state index contributed by atoms with van der Waals surface area (Å²) in [6.07, 6.45) is 3.73. The predicted octanol–water partition coefficient (Wildman–Crippen LogP) is 5.17. The van der Waals surface area contributed by atoms with Gasteiger partial charge in [-0.2, -0.15) is 0 Å². The molecule has 80 valence electrons. The van der Waals surface area contributed by atoms with Gasteiger partial charge in [-0.3, -0.25) is 0 Å². The number of alkyl halides is 1. The summed E-state index contributed by atoms with van der Waals surface area (Å²) in [5.41, 5.74) is 1.29. The maximum atomic E-state index is 5.38. The molecule has 0 atom stereocenters. The van der Waals surface area contributed by atoms with Gasteiger partial charge in [-0.25, -0.2) is 0 Å². The van der Waals surface area contributed by atoms with Crippen molar-refractivity contribution in [3.8, 4) is 0 Å². The van der Waals surface area contributed by atoms with Gasteiger partial charge < -0.3 is 0 Å². The van der Waals surface area contributed by atoms with E-state index in [1.165, 1.54) is 24.8 Å². The van der Waals surface area contributed by atoms with Crippen molar-refractivity contribution >= 4 is 27.5 Å². The van der Waals surface area contributed by atoms with Gasteiger partial charge in [-0.1, -0.05) is 53.4 Å². The summed E-state index contributed by atoms with van der Waals surface area (Å²) in [6, 6.07) is 8.21. The normalized spacial score (nSPS) is 9.14. The van der Waals surface area contributed by atoms with E-state index in [2.05, 4.69) is 41.9 Å². The average molecular weight is 278 g/mol. The lowest BCUT2D eigenvalue weighted by molar-refractivity contribution is 0.776. The Hall–Kier alpha value is -0.0100. The minimum Gasteiger partial charge on any atom is -0.127 e. The fraction of sp³-hybridized carbons (Fsp3) is 0.500. The van der Waals surface area contributed by atoms with Crippen LogP contribution in [0, 0.1) is 6.92 Å². The predicted molar refractivity (Wildman–Crippen MR) is 69.1 cm³/mol. The van der Waals surface area contributed by atoms with Crippen molar-refractivity contribution in [2.45, 2.75) is 33.1 Å². The lowest BCUT2D eigenvalue weighted by Gasteiger charge is -1.89. The fourth-order valence-corrected chi connectivity index (χ4v) is 1.65. The summed E-state index contributed by atoms with van der Waals surface area (Å²) in [4.78, 5) is 0. The molecule has 0 radical (unpaired) electrons. The van der Waals surface area contributed by atoms with Crippen LogP contribution in [-0.2, 0) is 0 Å². The average Bonchev–Trinajstić information content (AvgIpc) is 2.15. The third kappa shape index (κ3) is 8.58. The van der Waals surface area contributed by atoms with Crippen LogP contribution in [0.25, 0.3) is 0 Å². The minimum absolute atomic E-state index is 0.827. The van der Waals surface area contributed by atoms with Gasteiger partial charge in [0.05, 0.1) is 0 Å². The van der Waals surface area contributed by atoms with Gasteiger partial charge in [0.25, 0.3) is 0 Å². The van der Waals surface area contributed by atoms with Crippen molar-refractivity contribution in [2.24, 2.45) is 0 Å². The van der Waals surface area contributed by atoms with Gasteiger partial charge in [-0.15, -0.1) is 11.6 Å². The highest BCUT2D eigenvalue weighted by molar-refractivity contribution is 9.10. The molecule has 0 aromatic heterocycles. The van der Waals surface area contributed by atoms with Crippen LogP contribution in [0.1, 0.15) is 31.7 Å². The smallest absolute Gasteiger partial charge is 0.0223 e. The quantitative estimate of drug-likeness (QED) is 0.528. The summed E-state index contributed by atoms with van der Waals surface area (Å²) in [6.45, 7) is 4.25. The van der Waals surface area contributed by atoms with Crippen molar-refractivity contribution in [1.29, 1.82) is 0 Å². The Labute approximate surface area is 101 Å². The molecule has 1 rings (SSSR count). The van der Waals surface area contributed by atoms with Crippen LogP contribution in [0.5, 0.6) is 0 Å². The summed E-state index contributed by atoms with van der Waals surface area (Å²) in [5, 5.41) is 0. The van der Waals surface area contributed by atoms with Gasteiger partial charge in [-0.05, 0) is 25.5 Å². The molecule has 0 aliphatic carbocycles. The molecule has 1 aromatic carbocycles. The molecule has 0 saturated heterocycles. The van der Waals surface area contributed by atoms with Crippen LogP contribution in [0.15, 0.2) is 28.7 Å². The van der Waals surface area contributed by atoms with Crippen LogP contribution < -0.4 is 0 Å². The van der Waals surface area contributed by atoms with E-state index in [4.69, 9.17) is 11.6 Å². The highest BCUT2D eigenvalue weighted by Crippen LogP contribution is 2.09. The molecule has 0 unspecified atom stereocenters. The Balaban J connectivity index is 0.000000255. The third-order valence-corrected chi connectivity index (χ3v) is 2.48. The first-order valence-corrected chi connectivity index (χ1v) is 6.31. The number of aryl methyl sites for hydroxylation is 1. The minimum atomic E-state index is 0.827. The van der Waals surface area contributed by atoms with E-state index in [0.29, 0.717) is 0 Å². The highest BCUT2D eigenvalue weighted by Gasteiger charge is 1.82. The Morgan fingerprint density at radius 2 is 2.00 bits per heavy atom. The largest absolute Gasteiger partial charge is 0.127 e. The second-order valence-corrected chi connectivity index (χ2v) is 4.49. The zero-order valence-corrected chi connectivity index (χ0v) is 11.2. The summed E-state index contributed by atoms with van der Waals surface area (Å²) in [5.74, 6) is 0.827. The molecular formula is C12H18BrCl. The van der Waals surface area contributed by atoms with Crippen LogP contribution in [-0.4, -0.2) is 5.88 Å². The van der Waals surface area contributed by atoms with E-state index in [1.807, 2.05) is 12.1 Å². The highest BCUT2D eigenvalue weighted by atomic mass is 79.9. The molecule has 0 N–H and O–H groups in total. The lowest BCUT2D eigenvalue weighted by Crippen LogP contribution is -1.70. The molecule has 0 amide bonds. The van der Waals surface area contributed by atoms with Gasteiger partial charge in [0.2, 0.25) is 0 Å². The second kappa shape index (κ2) is 9.54. The monoisotopic (exact) mass is 276 g/mol. The van der Waals surface area contributed by atoms with Gasteiger partial charge in [0.1, 0.15) is 0 Å². The molecule has 0 bridgehead atoms. The van der Waals surface area contributed by atoms with E-state index in [9.17, 15) is 0 Å². The summed E-state index contributed by atoms with van der Waals surface area (Å²) < 4.78 is 1.15. The van der Waals surface area contributed by atoms with Crippen LogP contribution in [0.3, 0.4) is 0 Å². The molecule has 0 fully saturated rings. The van der Waals surface area contributed by atoms with Gasteiger partial charge in [0.15, 0.2) is 0 Å². The summed E-state index contributed by atoms with van der Waals surface area (Å²) in [7, 11) is 0. The zero-order chi connectivity index (χ0) is 10.8. The second-order valence-electron chi connectivity index (χ2n) is 3.20. The van der Waals surface area contributed by atoms with Crippen LogP contribution in [0.4, 0.5) is 0 Å². The first-order chi connectivity index (χ1) is 6.70. The van der Waals surface area contributed by atoms with Crippen molar-refractivity contribution in [2.75, 3.05) is 5.88 Å². The molecular weight excluding hydrogens is 259 g/mol. The first-order valence-electron chi connectivity index (χ1n) is 4.98. The van der Waals surface area contributed by atoms with Gasteiger partial charge in [0, 0.05) is 10.4 Å². The molecule has 0 saturated carbocycles. The Morgan fingerprint density at radius 1 is 1.29 bits per heavy atom. The standard InChI is InChI=1S/C7H7Br.C5H11Cl/c1-6-3-2-4-7(8)5-6;1-2-3-4-5-6/h2-5H,1H3;2-5H2,1H3. The first kappa shape index (κ1) is 14.0. The number of hydrogen-bond donors (Lipinski definition) is 0. The molecule has 0 aliphatic rings. The van der Waals surface area contributed by atoms with E-state index >= 15 is 0 Å². The van der Waals surface area contributed by atoms with Crippen LogP contribution in [0.2, 0.25) is 0 Å². The maximum absolute atomic E-state index is 5.38. The van der Waals surface area contributed by atoms with Crippen molar-refractivity contribution in [3.05, 3.63) is 34.3 Å². The van der Waals surface area contributed by atoms with Crippen molar-refractivity contribution in [3.63, 3.8) is 0 Å². The molecule has 0 spiro atoms. The van der Waals surface area contributed by atoms with E-state index in [0.717, 1.165) is 10.4 Å². The third-order valence-electron chi connectivity index (χ3n) is 1.72. The van der Waals surface area contributed by atoms with E-state index in [-0.39, 0.29) is 0 Å². The number of halogens is 2. The number of rotatable bonds is 3. The molecule has 0 nitrogen and oxygen atoms in total. The van der Waals surface area contributed by atoms with Gasteiger partial charge >= 0.3 is 0 Å². The summed E-state index contributed by atoms with van der Waals surface area (Å²) >= 11 is 8.74. The number of unbranched alkanes of at least 4 members (excludes halogenated alkanes) is 2. The Kier molecular flexibility index (Phi) is 9.53. The van der Waals surface area contributed by atoms with E-state index in [1.54, 1.807) is 0 Å². The van der Waals surface area contributed by atoms with Crippen molar-refractivity contribution in [1.82, 2.24) is 0 Å². The fourth-order valence-electron chi connectivity index (χ4n) is 0.950. The maximum Gasteiger partial charge on any atom is 0.0223 e. The molecule has 0 aliphatic heterocycles. The molecule has 14 heavy (non-hydrogen) atoms. The molecule has 0 heterocycles. The Morgan fingerprint density at radius 3 is 2.29 bits per heavy atom. The molecule has 2 heteroatoms. The number of hydrogen-bond acceptors (Lipinski definition) is 0. The SMILES string of the molecule is CCCCCCl.Cc1cccc(Br)c1. The zero-order valence-electron chi connectivity index (χ0n) is 8.89. The lowest BCUT2D eigenvalue weighted by atomic mass is 10.2. The van der Waals surface area contributed by atoms with Crippen LogP contribution >= 0.6 is 27.5 Å². The van der Waals surface area contributed by atoms with E-state index < -0.39 is 0 Å². The Bertz CT molecular complexity index is 214. The molecule has 1 aromatic rings.